The zero-order valence-electron chi connectivity index (χ0n) is 27.9. The van der Waals surface area contributed by atoms with Gasteiger partial charge in [-0.25, -0.2) is 0 Å². The van der Waals surface area contributed by atoms with Crippen LogP contribution in [0.5, 0.6) is 0 Å². The number of benzene rings is 8. The molecule has 0 fully saturated rings. The second kappa shape index (κ2) is 9.75. The van der Waals surface area contributed by atoms with Crippen LogP contribution in [-0.4, -0.2) is 0 Å². The highest BCUT2D eigenvalue weighted by Gasteiger charge is 2.18. The van der Waals surface area contributed by atoms with Crippen molar-refractivity contribution in [2.24, 2.45) is 0 Å². The molecular weight excluding hydrogens is 657 g/mol. The highest BCUT2D eigenvalue weighted by molar-refractivity contribution is 6.26. The maximum atomic E-state index is 6.36. The third-order valence-electron chi connectivity index (χ3n) is 11.1. The van der Waals surface area contributed by atoms with Crippen molar-refractivity contribution in [3.05, 3.63) is 146 Å². The van der Waals surface area contributed by atoms with Crippen molar-refractivity contribution >= 4 is 110 Å². The van der Waals surface area contributed by atoms with Crippen molar-refractivity contribution in [1.82, 2.24) is 0 Å². The highest BCUT2D eigenvalue weighted by Crippen LogP contribution is 2.43. The molecule has 13 rings (SSSR count). The van der Waals surface area contributed by atoms with E-state index in [0.717, 1.165) is 132 Å². The average Bonchev–Trinajstić information content (AvgIpc) is 4.01. The molecule has 0 aliphatic carbocycles. The van der Waals surface area contributed by atoms with E-state index in [1.165, 1.54) is 0 Å². The topological polar surface area (TPSA) is 65.7 Å². The lowest BCUT2D eigenvalue weighted by atomic mass is 9.98. The first-order valence-electron chi connectivity index (χ1n) is 17.7. The summed E-state index contributed by atoms with van der Waals surface area (Å²) in [4.78, 5) is 0. The van der Waals surface area contributed by atoms with Crippen LogP contribution in [0.25, 0.3) is 132 Å². The summed E-state index contributed by atoms with van der Waals surface area (Å²) in [5, 5.41) is 10.8. The third-order valence-corrected chi connectivity index (χ3v) is 11.1. The monoisotopic (exact) mass is 680 g/mol. The molecule has 0 aliphatic heterocycles. The molecule has 0 amide bonds. The molecule has 0 radical (unpaired) electrons. The van der Waals surface area contributed by atoms with Gasteiger partial charge in [0.25, 0.3) is 0 Å². The number of para-hydroxylation sites is 2. The summed E-state index contributed by atoms with van der Waals surface area (Å²) in [6.07, 6.45) is 0. The van der Waals surface area contributed by atoms with Gasteiger partial charge in [-0.3, -0.25) is 0 Å². The van der Waals surface area contributed by atoms with Crippen LogP contribution in [0, 0.1) is 0 Å². The Balaban J connectivity index is 0.955. The van der Waals surface area contributed by atoms with Crippen LogP contribution in [0.1, 0.15) is 0 Å². The molecule has 13 aromatic rings. The second-order valence-electron chi connectivity index (χ2n) is 14.0. The number of hydrogen-bond donors (Lipinski definition) is 0. The van der Waals surface area contributed by atoms with E-state index in [9.17, 15) is 0 Å². The third kappa shape index (κ3) is 3.75. The van der Waals surface area contributed by atoms with E-state index < -0.39 is 0 Å². The molecule has 5 aromatic heterocycles. The molecule has 0 N–H and O–H groups in total. The van der Waals surface area contributed by atoms with Crippen molar-refractivity contribution < 1.29 is 22.1 Å². The lowest BCUT2D eigenvalue weighted by Gasteiger charge is -2.04. The molecule has 5 heteroatoms. The first-order chi connectivity index (χ1) is 26.2. The predicted molar refractivity (Wildman–Crippen MR) is 214 cm³/mol. The van der Waals surface area contributed by atoms with Gasteiger partial charge in [0.1, 0.15) is 55.8 Å². The van der Waals surface area contributed by atoms with Crippen molar-refractivity contribution in [2.75, 3.05) is 0 Å². The molecule has 8 aromatic carbocycles. The van der Waals surface area contributed by atoms with Crippen LogP contribution in [0.4, 0.5) is 0 Å². The summed E-state index contributed by atoms with van der Waals surface area (Å²) in [6, 6.07) is 50.3. The van der Waals surface area contributed by atoms with Gasteiger partial charge < -0.3 is 22.1 Å². The van der Waals surface area contributed by atoms with Gasteiger partial charge in [-0.2, -0.15) is 0 Å². The fourth-order valence-corrected chi connectivity index (χ4v) is 8.57. The minimum Gasteiger partial charge on any atom is -0.456 e. The molecule has 0 saturated carbocycles. The van der Waals surface area contributed by atoms with E-state index in [2.05, 4.69) is 97.1 Å². The zero-order valence-corrected chi connectivity index (χ0v) is 27.9. The van der Waals surface area contributed by atoms with Gasteiger partial charge in [-0.15, -0.1) is 0 Å². The van der Waals surface area contributed by atoms with Gasteiger partial charge in [-0.05, 0) is 101 Å². The van der Waals surface area contributed by atoms with E-state index >= 15 is 0 Å². The Labute approximate surface area is 298 Å². The van der Waals surface area contributed by atoms with Crippen LogP contribution in [-0.2, 0) is 0 Å². The number of rotatable bonds is 2. The molecule has 53 heavy (non-hydrogen) atoms. The van der Waals surface area contributed by atoms with E-state index in [4.69, 9.17) is 22.1 Å². The molecule has 0 bridgehead atoms. The summed E-state index contributed by atoms with van der Waals surface area (Å²) in [5.74, 6) is 0. The maximum Gasteiger partial charge on any atom is 0.139 e. The van der Waals surface area contributed by atoms with E-state index in [1.807, 2.05) is 48.5 Å². The van der Waals surface area contributed by atoms with Crippen LogP contribution >= 0.6 is 0 Å². The Morgan fingerprint density at radius 3 is 1.11 bits per heavy atom. The van der Waals surface area contributed by atoms with Crippen molar-refractivity contribution in [1.29, 1.82) is 0 Å². The Morgan fingerprint density at radius 2 is 0.547 bits per heavy atom. The Hall–Kier alpha value is -7.24. The molecule has 0 atom stereocenters. The normalized spacial score (nSPS) is 12.5. The summed E-state index contributed by atoms with van der Waals surface area (Å²) >= 11 is 0. The molecule has 0 spiro atoms. The minimum atomic E-state index is 0.816. The lowest BCUT2D eigenvalue weighted by molar-refractivity contribution is 0.656. The highest BCUT2D eigenvalue weighted by atomic mass is 16.4. The van der Waals surface area contributed by atoms with Crippen LogP contribution in [0.3, 0.4) is 0 Å². The zero-order chi connectivity index (χ0) is 34.4. The smallest absolute Gasteiger partial charge is 0.139 e. The molecule has 246 valence electrons. The van der Waals surface area contributed by atoms with Crippen LogP contribution in [0.15, 0.2) is 168 Å². The van der Waals surface area contributed by atoms with Crippen molar-refractivity contribution in [2.45, 2.75) is 0 Å². The second-order valence-corrected chi connectivity index (χ2v) is 14.0. The Morgan fingerprint density at radius 1 is 0.208 bits per heavy atom. The summed E-state index contributed by atoms with van der Waals surface area (Å²) in [7, 11) is 0. The van der Waals surface area contributed by atoms with Crippen LogP contribution < -0.4 is 0 Å². The fourth-order valence-electron chi connectivity index (χ4n) is 8.57. The Kier molecular flexibility index (Phi) is 5.06. The van der Waals surface area contributed by atoms with Gasteiger partial charge in [0.05, 0.1) is 0 Å². The average molecular weight is 681 g/mol. The summed E-state index contributed by atoms with van der Waals surface area (Å²) in [5.41, 5.74) is 13.0. The number of furan rings is 5. The molecule has 0 saturated heterocycles. The first-order valence-corrected chi connectivity index (χ1v) is 17.7. The van der Waals surface area contributed by atoms with Crippen molar-refractivity contribution in [3.63, 3.8) is 0 Å². The largest absolute Gasteiger partial charge is 0.456 e. The number of fused-ring (bicyclic) bond motifs is 16. The predicted octanol–water partition coefficient (Wildman–Crippen LogP) is 14.5. The van der Waals surface area contributed by atoms with E-state index in [1.54, 1.807) is 0 Å². The molecule has 5 heterocycles. The summed E-state index contributed by atoms with van der Waals surface area (Å²) < 4.78 is 31.4. The molecule has 0 aliphatic rings. The summed E-state index contributed by atoms with van der Waals surface area (Å²) in [6.45, 7) is 0. The van der Waals surface area contributed by atoms with Gasteiger partial charge in [0.2, 0.25) is 0 Å². The lowest BCUT2D eigenvalue weighted by Crippen LogP contribution is -1.80. The van der Waals surface area contributed by atoms with Gasteiger partial charge >= 0.3 is 0 Å². The maximum absolute atomic E-state index is 6.36. The van der Waals surface area contributed by atoms with Crippen LogP contribution in [0.2, 0.25) is 0 Å². The van der Waals surface area contributed by atoms with Crippen molar-refractivity contribution in [3.8, 4) is 22.3 Å². The fraction of sp³-hybridized carbons (Fsp3) is 0. The SMILES string of the molecule is c1ccc2c(c1)oc1cc3oc4ccc(-c5ccc6oc7ccc(-c8ccc9oc%10ccc%11oc%12ccccc%12c%11c%10c9c8)cc7c6c5)cc4c3cc12. The first kappa shape index (κ1) is 27.5. The van der Waals surface area contributed by atoms with Gasteiger partial charge in [0.15, 0.2) is 0 Å². The van der Waals surface area contributed by atoms with E-state index in [0.29, 0.717) is 0 Å². The minimum absolute atomic E-state index is 0.816. The molecular formula is C48H24O5. The Bertz CT molecular complexity index is 3690. The molecule has 5 nitrogen and oxygen atoms in total. The quantitative estimate of drug-likeness (QED) is 0.182. The standard InChI is InChI=1S/C48H24O5/c1-3-7-37-29(5-1)34-23-35-33-21-26(11-15-41(33)53-46(35)24-45(34)52-37)25-9-13-39-31(19-25)32-20-27(10-14-40(32)49-39)28-12-16-42-36(22-28)48-44(51-42)18-17-43-47(48)30-6-2-4-8-38(30)50-43/h1-24H. The number of hydrogen-bond acceptors (Lipinski definition) is 5. The van der Waals surface area contributed by atoms with Gasteiger partial charge in [-0.1, -0.05) is 60.7 Å². The van der Waals surface area contributed by atoms with E-state index in [-0.39, 0.29) is 0 Å². The molecule has 0 unspecified atom stereocenters. The van der Waals surface area contributed by atoms with Gasteiger partial charge in [0, 0.05) is 59.9 Å².